The van der Waals surface area contributed by atoms with Gasteiger partial charge in [-0.2, -0.15) is 9.57 Å². The molecule has 1 unspecified atom stereocenters. The summed E-state index contributed by atoms with van der Waals surface area (Å²) >= 11 is 5.75. The number of rotatable bonds is 3. The van der Waals surface area contributed by atoms with Crippen LogP contribution in [0.1, 0.15) is 18.9 Å². The molecule has 21 heavy (non-hydrogen) atoms. The lowest BCUT2D eigenvalue weighted by atomic mass is 9.90. The van der Waals surface area contributed by atoms with E-state index in [4.69, 9.17) is 16.9 Å². The largest absolute Gasteiger partial charge is 0.481 e. The number of carboxylic acids is 1. The van der Waals surface area contributed by atoms with E-state index >= 15 is 0 Å². The van der Waals surface area contributed by atoms with Gasteiger partial charge in [0.05, 0.1) is 11.0 Å². The Morgan fingerprint density at radius 2 is 2.19 bits per heavy atom. The maximum atomic E-state index is 12.6. The number of halogens is 1. The molecule has 0 spiro atoms. The van der Waals surface area contributed by atoms with E-state index in [2.05, 4.69) is 0 Å². The maximum Gasteiger partial charge on any atom is 0.310 e. The van der Waals surface area contributed by atoms with Crippen molar-refractivity contribution < 1.29 is 18.3 Å². The van der Waals surface area contributed by atoms with Gasteiger partial charge >= 0.3 is 5.97 Å². The van der Waals surface area contributed by atoms with Crippen LogP contribution in [0.2, 0.25) is 5.02 Å². The first-order valence-electron chi connectivity index (χ1n) is 6.14. The van der Waals surface area contributed by atoms with Crippen molar-refractivity contribution in [2.75, 3.05) is 13.1 Å². The lowest BCUT2D eigenvalue weighted by molar-refractivity contribution is -0.146. The van der Waals surface area contributed by atoms with E-state index in [1.165, 1.54) is 25.1 Å². The Labute approximate surface area is 127 Å². The molecule has 0 bridgehead atoms. The summed E-state index contributed by atoms with van der Waals surface area (Å²) in [6.45, 7) is 1.51. The quantitative estimate of drug-likeness (QED) is 0.910. The molecule has 2 rings (SSSR count). The molecule has 0 radical (unpaired) electrons. The zero-order valence-electron chi connectivity index (χ0n) is 11.2. The van der Waals surface area contributed by atoms with E-state index in [-0.39, 0.29) is 35.0 Å². The van der Waals surface area contributed by atoms with Gasteiger partial charge in [0, 0.05) is 18.1 Å². The van der Waals surface area contributed by atoms with Crippen LogP contribution in [0.25, 0.3) is 0 Å². The topological polar surface area (TPSA) is 98.5 Å². The zero-order chi connectivity index (χ0) is 15.8. The van der Waals surface area contributed by atoms with Crippen molar-refractivity contribution in [2.24, 2.45) is 5.41 Å². The minimum atomic E-state index is -3.91. The van der Waals surface area contributed by atoms with Crippen LogP contribution in [0.15, 0.2) is 23.1 Å². The molecule has 0 aromatic heterocycles. The van der Waals surface area contributed by atoms with Crippen LogP contribution in [0, 0.1) is 16.7 Å². The van der Waals surface area contributed by atoms with E-state index in [1.54, 1.807) is 6.07 Å². The molecular formula is C13H13ClN2O4S. The molecule has 1 saturated heterocycles. The minimum Gasteiger partial charge on any atom is -0.481 e. The molecule has 1 N–H and O–H groups in total. The summed E-state index contributed by atoms with van der Waals surface area (Å²) in [5, 5.41) is 18.5. The molecule has 6 nitrogen and oxygen atoms in total. The Bertz CT molecular complexity index is 741. The summed E-state index contributed by atoms with van der Waals surface area (Å²) in [5.74, 6) is -1.03. The van der Waals surface area contributed by atoms with Crippen molar-refractivity contribution in [1.29, 1.82) is 5.26 Å². The fraction of sp³-hybridized carbons (Fsp3) is 0.385. The molecule has 0 amide bonds. The van der Waals surface area contributed by atoms with Gasteiger partial charge in [0.15, 0.2) is 0 Å². The van der Waals surface area contributed by atoms with Gasteiger partial charge in [0.2, 0.25) is 10.0 Å². The fourth-order valence-electron chi connectivity index (χ4n) is 2.25. The Hall–Kier alpha value is -1.62. The van der Waals surface area contributed by atoms with Gasteiger partial charge in [0.1, 0.15) is 11.0 Å². The molecule has 1 aromatic carbocycles. The Morgan fingerprint density at radius 3 is 2.71 bits per heavy atom. The number of benzene rings is 1. The van der Waals surface area contributed by atoms with Crippen molar-refractivity contribution in [3.05, 3.63) is 28.8 Å². The number of aliphatic carboxylic acids is 1. The first-order valence-corrected chi connectivity index (χ1v) is 7.96. The molecule has 0 saturated carbocycles. The van der Waals surface area contributed by atoms with Crippen LogP contribution in [0.4, 0.5) is 0 Å². The van der Waals surface area contributed by atoms with Crippen molar-refractivity contribution >= 4 is 27.6 Å². The van der Waals surface area contributed by atoms with E-state index in [0.29, 0.717) is 0 Å². The predicted molar refractivity (Wildman–Crippen MR) is 75.3 cm³/mol. The van der Waals surface area contributed by atoms with E-state index in [9.17, 15) is 18.3 Å². The summed E-state index contributed by atoms with van der Waals surface area (Å²) < 4.78 is 26.3. The van der Waals surface area contributed by atoms with E-state index in [0.717, 1.165) is 4.31 Å². The van der Waals surface area contributed by atoms with Crippen LogP contribution < -0.4 is 0 Å². The Balaban J connectivity index is 2.42. The highest BCUT2D eigenvalue weighted by molar-refractivity contribution is 7.89. The van der Waals surface area contributed by atoms with E-state index in [1.807, 2.05) is 0 Å². The van der Waals surface area contributed by atoms with Gasteiger partial charge < -0.3 is 5.11 Å². The van der Waals surface area contributed by atoms with Crippen LogP contribution in [0.3, 0.4) is 0 Å². The lowest BCUT2D eigenvalue weighted by Crippen LogP contribution is -2.35. The average Bonchev–Trinajstić information content (AvgIpc) is 2.83. The van der Waals surface area contributed by atoms with Gasteiger partial charge in [0.25, 0.3) is 0 Å². The van der Waals surface area contributed by atoms with Crippen molar-refractivity contribution in [3.63, 3.8) is 0 Å². The number of carboxylic acid groups (broad SMARTS) is 1. The number of carbonyl (C=O) groups is 1. The lowest BCUT2D eigenvalue weighted by Gasteiger charge is -2.20. The number of sulfonamides is 1. The zero-order valence-corrected chi connectivity index (χ0v) is 12.8. The van der Waals surface area contributed by atoms with Crippen molar-refractivity contribution in [3.8, 4) is 6.07 Å². The minimum absolute atomic E-state index is 0.0496. The monoisotopic (exact) mass is 328 g/mol. The number of nitriles is 1. The third-order valence-electron chi connectivity index (χ3n) is 3.63. The molecular weight excluding hydrogens is 316 g/mol. The fourth-order valence-corrected chi connectivity index (χ4v) is 4.11. The Kier molecular flexibility index (Phi) is 3.97. The van der Waals surface area contributed by atoms with Crippen molar-refractivity contribution in [1.82, 2.24) is 4.31 Å². The first kappa shape index (κ1) is 15.8. The molecule has 1 fully saturated rings. The summed E-state index contributed by atoms with van der Waals surface area (Å²) in [5.41, 5.74) is -1.15. The molecule has 1 aliphatic rings. The summed E-state index contributed by atoms with van der Waals surface area (Å²) in [7, 11) is -3.91. The predicted octanol–water partition coefficient (Wildman–Crippen LogP) is 1.70. The second-order valence-electron chi connectivity index (χ2n) is 5.21. The third-order valence-corrected chi connectivity index (χ3v) is 5.77. The molecule has 1 aliphatic heterocycles. The first-order chi connectivity index (χ1) is 9.70. The molecule has 1 atom stereocenters. The SMILES string of the molecule is CC1(C(=O)O)CCN(S(=O)(=O)c2ccc(Cl)cc2C#N)C1. The normalized spacial score (nSPS) is 22.9. The van der Waals surface area contributed by atoms with Crippen LogP contribution in [0.5, 0.6) is 0 Å². The highest BCUT2D eigenvalue weighted by Gasteiger charge is 2.45. The second kappa shape index (κ2) is 5.30. The van der Waals surface area contributed by atoms with Crippen LogP contribution in [-0.2, 0) is 14.8 Å². The summed E-state index contributed by atoms with van der Waals surface area (Å²) in [6, 6.07) is 5.74. The third kappa shape index (κ3) is 2.75. The maximum absolute atomic E-state index is 12.6. The highest BCUT2D eigenvalue weighted by Crippen LogP contribution is 2.34. The summed E-state index contributed by atoms with van der Waals surface area (Å²) in [4.78, 5) is 11.1. The molecule has 1 aromatic rings. The molecule has 112 valence electrons. The van der Waals surface area contributed by atoms with Crippen LogP contribution >= 0.6 is 11.6 Å². The summed E-state index contributed by atoms with van der Waals surface area (Å²) in [6.07, 6.45) is 0.233. The highest BCUT2D eigenvalue weighted by atomic mass is 35.5. The van der Waals surface area contributed by atoms with E-state index < -0.39 is 21.4 Å². The molecule has 0 aliphatic carbocycles. The average molecular weight is 329 g/mol. The van der Waals surface area contributed by atoms with Gasteiger partial charge in [-0.15, -0.1) is 0 Å². The van der Waals surface area contributed by atoms with Crippen LogP contribution in [-0.4, -0.2) is 36.9 Å². The number of hydrogen-bond acceptors (Lipinski definition) is 4. The molecule has 8 heteroatoms. The Morgan fingerprint density at radius 1 is 1.52 bits per heavy atom. The second-order valence-corrected chi connectivity index (χ2v) is 7.55. The van der Waals surface area contributed by atoms with Gasteiger partial charge in [-0.1, -0.05) is 11.6 Å². The van der Waals surface area contributed by atoms with Gasteiger partial charge in [-0.3, -0.25) is 4.79 Å². The smallest absolute Gasteiger partial charge is 0.310 e. The van der Waals surface area contributed by atoms with Crippen molar-refractivity contribution in [2.45, 2.75) is 18.2 Å². The van der Waals surface area contributed by atoms with Gasteiger partial charge in [-0.05, 0) is 31.5 Å². The standard InChI is InChI=1S/C13H13ClN2O4S/c1-13(12(17)18)4-5-16(8-13)21(19,20)11-3-2-10(14)6-9(11)7-15/h2-3,6H,4-5,8H2,1H3,(H,17,18). The molecule has 1 heterocycles. The number of hydrogen-bond donors (Lipinski definition) is 1. The number of nitrogens with zero attached hydrogens (tertiary/aromatic N) is 2. The van der Waals surface area contributed by atoms with Gasteiger partial charge in [-0.25, -0.2) is 8.42 Å².